The Hall–Kier alpha value is -1.06. The number of nitrogens with one attached hydrogen (secondary N) is 1. The van der Waals surface area contributed by atoms with E-state index in [1.807, 2.05) is 12.1 Å². The quantitative estimate of drug-likeness (QED) is 0.578. The van der Waals surface area contributed by atoms with Crippen LogP contribution in [0.3, 0.4) is 0 Å². The highest BCUT2D eigenvalue weighted by Gasteiger charge is 2.40. The Balaban J connectivity index is 1.88. The first kappa shape index (κ1) is 9.19. The predicted molar refractivity (Wildman–Crippen MR) is 58.5 cm³/mol. The lowest BCUT2D eigenvalue weighted by atomic mass is 9.91. The number of ether oxygens (including phenoxy) is 1. The summed E-state index contributed by atoms with van der Waals surface area (Å²) in [5.74, 6) is 7.85. The average Bonchev–Trinajstić information content (AvgIpc) is 3.01. The molecule has 0 aromatic heterocycles. The summed E-state index contributed by atoms with van der Waals surface area (Å²) in [5, 5.41) is 0. The summed E-state index contributed by atoms with van der Waals surface area (Å²) in [7, 11) is 0. The molecular weight excluding hydrogens is 188 g/mol. The van der Waals surface area contributed by atoms with Gasteiger partial charge in [-0.1, -0.05) is 18.2 Å². The van der Waals surface area contributed by atoms with Crippen LogP contribution in [0.5, 0.6) is 5.75 Å². The molecule has 1 fully saturated rings. The van der Waals surface area contributed by atoms with E-state index in [2.05, 4.69) is 17.6 Å². The van der Waals surface area contributed by atoms with Crippen LogP contribution in [0.25, 0.3) is 0 Å². The van der Waals surface area contributed by atoms with Gasteiger partial charge in [-0.3, -0.25) is 11.3 Å². The number of nitrogens with two attached hydrogens (primary N) is 1. The molecule has 0 spiro atoms. The fraction of sp³-hybridized carbons (Fsp3) is 0.500. The molecular formula is C12H16N2O. The van der Waals surface area contributed by atoms with Crippen LogP contribution in [0.4, 0.5) is 0 Å². The van der Waals surface area contributed by atoms with Gasteiger partial charge in [-0.15, -0.1) is 0 Å². The minimum Gasteiger partial charge on any atom is -0.493 e. The molecule has 15 heavy (non-hydrogen) atoms. The summed E-state index contributed by atoms with van der Waals surface area (Å²) in [6.45, 7) is 0.769. The lowest BCUT2D eigenvalue weighted by Crippen LogP contribution is -2.42. The summed E-state index contributed by atoms with van der Waals surface area (Å²) in [4.78, 5) is 0. The Bertz CT molecular complexity index is 362. The number of fused-ring (bicyclic) bond motifs is 1. The van der Waals surface area contributed by atoms with Gasteiger partial charge in [0.15, 0.2) is 0 Å². The third-order valence-electron chi connectivity index (χ3n) is 3.49. The molecule has 2 atom stereocenters. The molecule has 1 aromatic rings. The highest BCUT2D eigenvalue weighted by atomic mass is 16.5. The lowest BCUT2D eigenvalue weighted by molar-refractivity contribution is 0.287. The monoisotopic (exact) mass is 204 g/mol. The van der Waals surface area contributed by atoms with E-state index in [4.69, 9.17) is 10.6 Å². The lowest BCUT2D eigenvalue weighted by Gasteiger charge is -2.21. The number of rotatable bonds is 3. The standard InChI is InChI=1S/C12H16N2O/c13-14-12(8-5-6-8)10-7-15-11-4-2-1-3-9(10)11/h1-4,8,10,12,14H,5-7,13H2. The maximum atomic E-state index is 5.68. The zero-order valence-corrected chi connectivity index (χ0v) is 8.65. The second kappa shape index (κ2) is 3.51. The van der Waals surface area contributed by atoms with E-state index in [0.29, 0.717) is 12.0 Å². The van der Waals surface area contributed by atoms with E-state index in [1.165, 1.54) is 18.4 Å². The van der Waals surface area contributed by atoms with Gasteiger partial charge in [-0.25, -0.2) is 0 Å². The normalized spacial score (nSPS) is 25.8. The molecule has 1 aliphatic heterocycles. The van der Waals surface area contributed by atoms with Crippen LogP contribution in [0.1, 0.15) is 24.3 Å². The largest absolute Gasteiger partial charge is 0.493 e. The minimum atomic E-state index is 0.383. The predicted octanol–water partition coefficient (Wildman–Crippen LogP) is 1.40. The molecule has 1 aromatic carbocycles. The van der Waals surface area contributed by atoms with Crippen LogP contribution in [0.15, 0.2) is 24.3 Å². The second-order valence-corrected chi connectivity index (χ2v) is 4.49. The molecule has 2 unspecified atom stereocenters. The molecule has 80 valence electrons. The van der Waals surface area contributed by atoms with Gasteiger partial charge >= 0.3 is 0 Å². The maximum absolute atomic E-state index is 5.68. The van der Waals surface area contributed by atoms with Crippen LogP contribution in [-0.4, -0.2) is 12.6 Å². The van der Waals surface area contributed by atoms with Gasteiger partial charge in [0.25, 0.3) is 0 Å². The highest BCUT2D eigenvalue weighted by Crippen LogP contribution is 2.43. The number of para-hydroxylation sites is 1. The first-order chi connectivity index (χ1) is 7.40. The van der Waals surface area contributed by atoms with Crippen LogP contribution in [0.2, 0.25) is 0 Å². The van der Waals surface area contributed by atoms with Crippen molar-refractivity contribution < 1.29 is 4.74 Å². The molecule has 3 N–H and O–H groups in total. The maximum Gasteiger partial charge on any atom is 0.122 e. The van der Waals surface area contributed by atoms with Crippen molar-refractivity contribution in [3.05, 3.63) is 29.8 Å². The SMILES string of the molecule is NNC(C1CC1)C1COc2ccccc21. The summed E-state index contributed by atoms with van der Waals surface area (Å²) < 4.78 is 5.68. The summed E-state index contributed by atoms with van der Waals surface area (Å²) in [6, 6.07) is 8.66. The van der Waals surface area contributed by atoms with Crippen LogP contribution in [-0.2, 0) is 0 Å². The second-order valence-electron chi connectivity index (χ2n) is 4.49. The van der Waals surface area contributed by atoms with Gasteiger partial charge in [0.1, 0.15) is 5.75 Å². The Morgan fingerprint density at radius 2 is 2.13 bits per heavy atom. The van der Waals surface area contributed by atoms with Crippen molar-refractivity contribution in [1.29, 1.82) is 0 Å². The molecule has 3 heteroatoms. The molecule has 2 aliphatic rings. The third kappa shape index (κ3) is 1.52. The summed E-state index contributed by atoms with van der Waals surface area (Å²) >= 11 is 0. The highest BCUT2D eigenvalue weighted by molar-refractivity contribution is 5.40. The van der Waals surface area contributed by atoms with E-state index in [0.717, 1.165) is 18.3 Å². The van der Waals surface area contributed by atoms with E-state index < -0.39 is 0 Å². The van der Waals surface area contributed by atoms with Crippen molar-refractivity contribution >= 4 is 0 Å². The zero-order chi connectivity index (χ0) is 10.3. The molecule has 0 radical (unpaired) electrons. The van der Waals surface area contributed by atoms with Crippen LogP contribution < -0.4 is 16.0 Å². The number of hydrogen-bond donors (Lipinski definition) is 2. The van der Waals surface area contributed by atoms with Gasteiger partial charge in [0.2, 0.25) is 0 Å². The van der Waals surface area contributed by atoms with Crippen LogP contribution >= 0.6 is 0 Å². The van der Waals surface area contributed by atoms with Gasteiger partial charge in [-0.05, 0) is 24.8 Å². The van der Waals surface area contributed by atoms with Crippen molar-refractivity contribution in [2.24, 2.45) is 11.8 Å². The number of hydrazine groups is 1. The molecule has 0 saturated heterocycles. The topological polar surface area (TPSA) is 47.3 Å². The molecule has 0 amide bonds. The van der Waals surface area contributed by atoms with Crippen molar-refractivity contribution in [3.8, 4) is 5.75 Å². The number of hydrogen-bond acceptors (Lipinski definition) is 3. The minimum absolute atomic E-state index is 0.383. The van der Waals surface area contributed by atoms with Gasteiger partial charge in [-0.2, -0.15) is 0 Å². The first-order valence-corrected chi connectivity index (χ1v) is 5.58. The van der Waals surface area contributed by atoms with Crippen molar-refractivity contribution in [3.63, 3.8) is 0 Å². The van der Waals surface area contributed by atoms with E-state index in [1.54, 1.807) is 0 Å². The van der Waals surface area contributed by atoms with Gasteiger partial charge < -0.3 is 4.74 Å². The van der Waals surface area contributed by atoms with E-state index >= 15 is 0 Å². The Labute approximate surface area is 89.6 Å². The van der Waals surface area contributed by atoms with E-state index in [-0.39, 0.29) is 0 Å². The fourth-order valence-electron chi connectivity index (χ4n) is 2.52. The fourth-order valence-corrected chi connectivity index (χ4v) is 2.52. The third-order valence-corrected chi connectivity index (χ3v) is 3.49. The molecule has 1 saturated carbocycles. The smallest absolute Gasteiger partial charge is 0.122 e. The molecule has 1 heterocycles. The molecule has 0 bridgehead atoms. The van der Waals surface area contributed by atoms with E-state index in [9.17, 15) is 0 Å². The summed E-state index contributed by atoms with van der Waals surface area (Å²) in [5.41, 5.74) is 4.28. The zero-order valence-electron chi connectivity index (χ0n) is 8.65. The molecule has 1 aliphatic carbocycles. The first-order valence-electron chi connectivity index (χ1n) is 5.58. The van der Waals surface area contributed by atoms with Gasteiger partial charge in [0.05, 0.1) is 6.61 Å². The van der Waals surface area contributed by atoms with Crippen molar-refractivity contribution in [1.82, 2.24) is 5.43 Å². The van der Waals surface area contributed by atoms with Crippen LogP contribution in [0, 0.1) is 5.92 Å². The Morgan fingerprint density at radius 1 is 1.33 bits per heavy atom. The Kier molecular flexibility index (Phi) is 2.15. The molecule has 3 nitrogen and oxygen atoms in total. The summed E-state index contributed by atoms with van der Waals surface area (Å²) in [6.07, 6.45) is 2.60. The van der Waals surface area contributed by atoms with Crippen molar-refractivity contribution in [2.75, 3.05) is 6.61 Å². The number of benzene rings is 1. The molecule has 3 rings (SSSR count). The average molecular weight is 204 g/mol. The Morgan fingerprint density at radius 3 is 2.87 bits per heavy atom. The van der Waals surface area contributed by atoms with Gasteiger partial charge in [0, 0.05) is 17.5 Å². The van der Waals surface area contributed by atoms with Crippen molar-refractivity contribution in [2.45, 2.75) is 24.8 Å².